The van der Waals surface area contributed by atoms with Crippen LogP contribution in [0.15, 0.2) is 24.4 Å². The van der Waals surface area contributed by atoms with Gasteiger partial charge >= 0.3 is 0 Å². The molecule has 0 bridgehead atoms. The van der Waals surface area contributed by atoms with E-state index in [9.17, 15) is 0 Å². The van der Waals surface area contributed by atoms with E-state index in [1.807, 2.05) is 24.4 Å². The van der Waals surface area contributed by atoms with E-state index in [4.69, 9.17) is 0 Å². The molecule has 2 rings (SSSR count). The van der Waals surface area contributed by atoms with Gasteiger partial charge in [-0.25, -0.2) is 4.52 Å². The van der Waals surface area contributed by atoms with Gasteiger partial charge < -0.3 is 5.32 Å². The van der Waals surface area contributed by atoms with Crippen molar-refractivity contribution in [3.05, 3.63) is 24.4 Å². The average molecular weight is 204 g/mol. The van der Waals surface area contributed by atoms with Crippen molar-refractivity contribution >= 4 is 11.6 Å². The lowest BCUT2D eigenvalue weighted by Crippen LogP contribution is -2.19. The van der Waals surface area contributed by atoms with Gasteiger partial charge in [-0.2, -0.15) is 4.98 Å². The van der Waals surface area contributed by atoms with E-state index in [2.05, 4.69) is 36.2 Å². The molecule has 15 heavy (non-hydrogen) atoms. The number of nitrogens with zero attached hydrogens (tertiary/aromatic N) is 3. The molecule has 0 radical (unpaired) electrons. The van der Waals surface area contributed by atoms with Gasteiger partial charge in [0.15, 0.2) is 5.65 Å². The van der Waals surface area contributed by atoms with E-state index in [-0.39, 0.29) is 5.41 Å². The van der Waals surface area contributed by atoms with E-state index >= 15 is 0 Å². The molecule has 2 aromatic rings. The van der Waals surface area contributed by atoms with Crippen LogP contribution in [0.1, 0.15) is 20.8 Å². The Bertz CT molecular complexity index is 420. The number of nitrogens with one attached hydrogen (secondary N) is 1. The van der Waals surface area contributed by atoms with Crippen LogP contribution in [-0.2, 0) is 0 Å². The molecule has 0 fully saturated rings. The summed E-state index contributed by atoms with van der Waals surface area (Å²) in [7, 11) is 0. The number of anilines is 1. The van der Waals surface area contributed by atoms with Crippen LogP contribution in [0.25, 0.3) is 5.65 Å². The minimum Gasteiger partial charge on any atom is -0.352 e. The van der Waals surface area contributed by atoms with Gasteiger partial charge in [-0.3, -0.25) is 0 Å². The van der Waals surface area contributed by atoms with Gasteiger partial charge in [0.25, 0.3) is 0 Å². The Labute approximate surface area is 89.3 Å². The van der Waals surface area contributed by atoms with Crippen molar-refractivity contribution in [2.75, 3.05) is 11.9 Å². The predicted molar refractivity (Wildman–Crippen MR) is 60.9 cm³/mol. The molecule has 0 atom stereocenters. The molecule has 0 amide bonds. The number of hydrogen-bond acceptors (Lipinski definition) is 3. The highest BCUT2D eigenvalue weighted by Crippen LogP contribution is 2.13. The maximum atomic E-state index is 4.36. The molecule has 0 saturated heterocycles. The third-order valence-electron chi connectivity index (χ3n) is 2.02. The highest BCUT2D eigenvalue weighted by molar-refractivity contribution is 5.42. The van der Waals surface area contributed by atoms with Crippen molar-refractivity contribution in [3.8, 4) is 0 Å². The molecule has 0 aliphatic rings. The van der Waals surface area contributed by atoms with Gasteiger partial charge in [0.1, 0.15) is 0 Å². The molecule has 2 aromatic heterocycles. The van der Waals surface area contributed by atoms with Gasteiger partial charge in [0.05, 0.1) is 0 Å². The molecule has 4 heteroatoms. The molecule has 0 aromatic carbocycles. The normalized spacial score (nSPS) is 11.9. The Morgan fingerprint density at radius 1 is 1.33 bits per heavy atom. The van der Waals surface area contributed by atoms with Crippen molar-refractivity contribution < 1.29 is 0 Å². The van der Waals surface area contributed by atoms with Gasteiger partial charge in [-0.05, 0) is 17.5 Å². The van der Waals surface area contributed by atoms with Crippen LogP contribution in [0, 0.1) is 5.41 Å². The fourth-order valence-corrected chi connectivity index (χ4v) is 1.25. The van der Waals surface area contributed by atoms with Gasteiger partial charge in [0.2, 0.25) is 5.95 Å². The second-order valence-corrected chi connectivity index (χ2v) is 4.85. The van der Waals surface area contributed by atoms with Gasteiger partial charge in [-0.1, -0.05) is 26.8 Å². The lowest BCUT2D eigenvalue weighted by molar-refractivity contribution is 0.442. The Kier molecular flexibility index (Phi) is 2.34. The molecule has 0 aliphatic heterocycles. The van der Waals surface area contributed by atoms with E-state index in [0.29, 0.717) is 5.95 Å². The van der Waals surface area contributed by atoms with Crippen LogP contribution in [0.3, 0.4) is 0 Å². The van der Waals surface area contributed by atoms with Crippen molar-refractivity contribution in [1.29, 1.82) is 0 Å². The number of aromatic nitrogens is 3. The summed E-state index contributed by atoms with van der Waals surface area (Å²) in [5.41, 5.74) is 1.10. The topological polar surface area (TPSA) is 42.2 Å². The van der Waals surface area contributed by atoms with Crippen molar-refractivity contribution in [2.45, 2.75) is 20.8 Å². The first-order chi connectivity index (χ1) is 7.04. The minimum absolute atomic E-state index is 0.234. The smallest absolute Gasteiger partial charge is 0.243 e. The molecule has 0 spiro atoms. The van der Waals surface area contributed by atoms with Crippen LogP contribution < -0.4 is 5.32 Å². The number of fused-ring (bicyclic) bond motifs is 1. The van der Waals surface area contributed by atoms with Crippen LogP contribution in [-0.4, -0.2) is 21.1 Å². The summed E-state index contributed by atoms with van der Waals surface area (Å²) in [6.45, 7) is 7.39. The monoisotopic (exact) mass is 204 g/mol. The SMILES string of the molecule is CC(C)(C)CNc1nc2ccccn2n1. The summed E-state index contributed by atoms with van der Waals surface area (Å²) in [6.07, 6.45) is 1.89. The third kappa shape index (κ3) is 2.46. The molecular formula is C11H16N4. The zero-order valence-electron chi connectivity index (χ0n) is 9.36. The van der Waals surface area contributed by atoms with Crippen molar-refractivity contribution in [3.63, 3.8) is 0 Å². The van der Waals surface area contributed by atoms with Gasteiger partial charge in [-0.15, -0.1) is 5.10 Å². The van der Waals surface area contributed by atoms with Crippen molar-refractivity contribution in [1.82, 2.24) is 14.6 Å². The molecule has 2 heterocycles. The summed E-state index contributed by atoms with van der Waals surface area (Å²) < 4.78 is 1.77. The number of rotatable bonds is 2. The molecule has 0 saturated carbocycles. The van der Waals surface area contributed by atoms with Crippen molar-refractivity contribution in [2.24, 2.45) is 5.41 Å². The molecule has 0 aliphatic carbocycles. The van der Waals surface area contributed by atoms with Crippen LogP contribution in [0.2, 0.25) is 0 Å². The Morgan fingerprint density at radius 2 is 2.13 bits per heavy atom. The fraction of sp³-hybridized carbons (Fsp3) is 0.455. The first kappa shape index (κ1) is 9.96. The highest BCUT2D eigenvalue weighted by Gasteiger charge is 2.11. The van der Waals surface area contributed by atoms with Crippen LogP contribution >= 0.6 is 0 Å². The maximum absolute atomic E-state index is 4.36. The second-order valence-electron chi connectivity index (χ2n) is 4.85. The predicted octanol–water partition coefficient (Wildman–Crippen LogP) is 2.19. The zero-order valence-corrected chi connectivity index (χ0v) is 9.36. The Hall–Kier alpha value is -1.58. The quantitative estimate of drug-likeness (QED) is 0.815. The first-order valence-corrected chi connectivity index (χ1v) is 5.10. The van der Waals surface area contributed by atoms with E-state index in [1.54, 1.807) is 4.52 Å². The van der Waals surface area contributed by atoms with E-state index < -0.39 is 0 Å². The van der Waals surface area contributed by atoms with Gasteiger partial charge in [0, 0.05) is 12.7 Å². The molecule has 80 valence electrons. The molecular weight excluding hydrogens is 188 g/mol. The zero-order chi connectivity index (χ0) is 10.9. The minimum atomic E-state index is 0.234. The summed E-state index contributed by atoms with van der Waals surface area (Å²) in [6, 6.07) is 5.84. The van der Waals surface area contributed by atoms with E-state index in [0.717, 1.165) is 12.2 Å². The maximum Gasteiger partial charge on any atom is 0.243 e. The molecule has 1 N–H and O–H groups in total. The van der Waals surface area contributed by atoms with E-state index in [1.165, 1.54) is 0 Å². The lowest BCUT2D eigenvalue weighted by Gasteiger charge is -2.17. The molecule has 4 nitrogen and oxygen atoms in total. The first-order valence-electron chi connectivity index (χ1n) is 5.10. The summed E-state index contributed by atoms with van der Waals surface area (Å²) >= 11 is 0. The fourth-order valence-electron chi connectivity index (χ4n) is 1.25. The summed E-state index contributed by atoms with van der Waals surface area (Å²) in [5.74, 6) is 0.691. The lowest BCUT2D eigenvalue weighted by atomic mass is 9.97. The van der Waals surface area contributed by atoms with Crippen LogP contribution in [0.4, 0.5) is 5.95 Å². The third-order valence-corrected chi connectivity index (χ3v) is 2.02. The number of hydrogen-bond donors (Lipinski definition) is 1. The standard InChI is InChI=1S/C11H16N4/c1-11(2,3)8-12-10-13-9-6-4-5-7-15(9)14-10/h4-7H,8H2,1-3H3,(H,12,14). The molecule has 0 unspecified atom stereocenters. The number of pyridine rings is 1. The average Bonchev–Trinajstić information content (AvgIpc) is 2.56. The summed E-state index contributed by atoms with van der Waals surface area (Å²) in [5, 5.41) is 7.54. The largest absolute Gasteiger partial charge is 0.352 e. The Morgan fingerprint density at radius 3 is 2.80 bits per heavy atom. The summed E-state index contributed by atoms with van der Waals surface area (Å²) in [4.78, 5) is 4.36. The highest BCUT2D eigenvalue weighted by atomic mass is 15.3. The second kappa shape index (κ2) is 3.53. The Balaban J connectivity index is 2.16. The van der Waals surface area contributed by atoms with Crippen LogP contribution in [0.5, 0.6) is 0 Å².